The van der Waals surface area contributed by atoms with Crippen molar-refractivity contribution in [1.82, 2.24) is 9.55 Å². The highest BCUT2D eigenvalue weighted by Crippen LogP contribution is 2.25. The number of rotatable bonds is 2. The molecule has 19 heavy (non-hydrogen) atoms. The molecule has 0 bridgehead atoms. The molecule has 0 amide bonds. The van der Waals surface area contributed by atoms with Gasteiger partial charge in [0.1, 0.15) is 6.07 Å². The number of hydrogen-bond acceptors (Lipinski definition) is 3. The van der Waals surface area contributed by atoms with Crippen LogP contribution in [-0.2, 0) is 19.4 Å². The van der Waals surface area contributed by atoms with Crippen LogP contribution in [0.3, 0.4) is 0 Å². The van der Waals surface area contributed by atoms with Crippen molar-refractivity contribution in [2.45, 2.75) is 32.3 Å². The molecule has 0 spiro atoms. The second-order valence-corrected chi connectivity index (χ2v) is 4.84. The summed E-state index contributed by atoms with van der Waals surface area (Å²) in [5, 5.41) is 18.4. The Bertz CT molecular complexity index is 652. The zero-order valence-corrected chi connectivity index (χ0v) is 10.6. The maximum absolute atomic E-state index is 9.28. The van der Waals surface area contributed by atoms with Gasteiger partial charge in [0, 0.05) is 5.69 Å². The van der Waals surface area contributed by atoms with Crippen molar-refractivity contribution >= 4 is 0 Å². The molecule has 1 aliphatic carbocycles. The molecule has 1 aliphatic rings. The van der Waals surface area contributed by atoms with Gasteiger partial charge in [-0.25, -0.2) is 4.98 Å². The standard InChI is InChI=1S/C15H15N3O/c16-8-12-7-11(9-19)5-6-14(12)18-10-17-13-3-1-2-4-15(13)18/h5-7,10,19H,1-4,9H2. The third kappa shape index (κ3) is 2.02. The second kappa shape index (κ2) is 4.87. The number of imidazole rings is 1. The summed E-state index contributed by atoms with van der Waals surface area (Å²) in [6, 6.07) is 7.69. The minimum atomic E-state index is -0.0446. The lowest BCUT2D eigenvalue weighted by Gasteiger charge is -2.15. The Labute approximate surface area is 111 Å². The number of benzene rings is 1. The van der Waals surface area contributed by atoms with Crippen molar-refractivity contribution in [3.05, 3.63) is 47.0 Å². The fourth-order valence-electron chi connectivity index (χ4n) is 2.66. The van der Waals surface area contributed by atoms with Gasteiger partial charge in [-0.2, -0.15) is 5.26 Å². The predicted octanol–water partition coefficient (Wildman–Crippen LogP) is 2.12. The number of aromatic nitrogens is 2. The maximum atomic E-state index is 9.28. The van der Waals surface area contributed by atoms with Crippen LogP contribution in [0.15, 0.2) is 24.5 Å². The SMILES string of the molecule is N#Cc1cc(CO)ccc1-n1cnc2c1CCCC2. The minimum absolute atomic E-state index is 0.0446. The average molecular weight is 253 g/mol. The van der Waals surface area contributed by atoms with Crippen LogP contribution in [-0.4, -0.2) is 14.7 Å². The second-order valence-electron chi connectivity index (χ2n) is 4.84. The first kappa shape index (κ1) is 11.9. The lowest BCUT2D eigenvalue weighted by Crippen LogP contribution is -2.08. The van der Waals surface area contributed by atoms with Crippen molar-refractivity contribution in [3.63, 3.8) is 0 Å². The van der Waals surface area contributed by atoms with Crippen LogP contribution in [0.4, 0.5) is 0 Å². The van der Waals surface area contributed by atoms with Gasteiger partial charge in [0.25, 0.3) is 0 Å². The van der Waals surface area contributed by atoms with Crippen molar-refractivity contribution in [2.24, 2.45) is 0 Å². The van der Waals surface area contributed by atoms with E-state index in [1.165, 1.54) is 18.5 Å². The summed E-state index contributed by atoms with van der Waals surface area (Å²) in [7, 11) is 0. The lowest BCUT2D eigenvalue weighted by molar-refractivity contribution is 0.282. The van der Waals surface area contributed by atoms with Crippen LogP contribution in [0.25, 0.3) is 5.69 Å². The summed E-state index contributed by atoms with van der Waals surface area (Å²) < 4.78 is 2.02. The molecule has 0 unspecified atom stereocenters. The van der Waals surface area contributed by atoms with E-state index in [9.17, 15) is 5.26 Å². The molecule has 1 aromatic heterocycles. The van der Waals surface area contributed by atoms with Gasteiger partial charge in [-0.1, -0.05) is 6.07 Å². The fourth-order valence-corrected chi connectivity index (χ4v) is 2.66. The number of fused-ring (bicyclic) bond motifs is 1. The van der Waals surface area contributed by atoms with Gasteiger partial charge in [0.05, 0.1) is 29.9 Å². The first-order valence-corrected chi connectivity index (χ1v) is 6.53. The van der Waals surface area contributed by atoms with E-state index in [0.29, 0.717) is 5.56 Å². The number of nitriles is 1. The molecular weight excluding hydrogens is 238 g/mol. The van der Waals surface area contributed by atoms with E-state index < -0.39 is 0 Å². The summed E-state index contributed by atoms with van der Waals surface area (Å²) >= 11 is 0. The predicted molar refractivity (Wildman–Crippen MR) is 70.8 cm³/mol. The molecule has 1 N–H and O–H groups in total. The van der Waals surface area contributed by atoms with E-state index in [2.05, 4.69) is 11.1 Å². The Morgan fingerprint density at radius 2 is 2.16 bits per heavy atom. The highest BCUT2D eigenvalue weighted by molar-refractivity contribution is 5.52. The van der Waals surface area contributed by atoms with Crippen LogP contribution < -0.4 is 0 Å². The van der Waals surface area contributed by atoms with E-state index >= 15 is 0 Å². The summed E-state index contributed by atoms with van der Waals surface area (Å²) in [6.07, 6.45) is 6.22. The highest BCUT2D eigenvalue weighted by atomic mass is 16.3. The molecule has 3 rings (SSSR count). The Hall–Kier alpha value is -2.12. The molecule has 0 aliphatic heterocycles. The molecule has 0 saturated heterocycles. The van der Waals surface area contributed by atoms with Crippen molar-refractivity contribution in [2.75, 3.05) is 0 Å². The zero-order chi connectivity index (χ0) is 13.2. The highest BCUT2D eigenvalue weighted by Gasteiger charge is 2.17. The third-order valence-electron chi connectivity index (χ3n) is 3.65. The zero-order valence-electron chi connectivity index (χ0n) is 10.6. The topological polar surface area (TPSA) is 61.8 Å². The van der Waals surface area contributed by atoms with E-state index in [1.807, 2.05) is 23.0 Å². The smallest absolute Gasteiger partial charge is 0.101 e. The minimum Gasteiger partial charge on any atom is -0.392 e. The number of nitrogens with zero attached hydrogens (tertiary/aromatic N) is 3. The van der Waals surface area contributed by atoms with Gasteiger partial charge >= 0.3 is 0 Å². The Balaban J connectivity index is 2.12. The van der Waals surface area contributed by atoms with E-state index in [4.69, 9.17) is 5.11 Å². The first-order valence-electron chi connectivity index (χ1n) is 6.53. The molecule has 0 fully saturated rings. The Kier molecular flexibility index (Phi) is 3.06. The number of aliphatic hydroxyl groups excluding tert-OH is 1. The Morgan fingerprint density at radius 3 is 2.95 bits per heavy atom. The van der Waals surface area contributed by atoms with Crippen molar-refractivity contribution in [1.29, 1.82) is 5.26 Å². The average Bonchev–Trinajstić information content (AvgIpc) is 2.90. The van der Waals surface area contributed by atoms with E-state index in [-0.39, 0.29) is 6.61 Å². The molecule has 2 aromatic rings. The van der Waals surface area contributed by atoms with E-state index in [1.54, 1.807) is 6.07 Å². The molecule has 1 aromatic carbocycles. The number of hydrogen-bond donors (Lipinski definition) is 1. The molecule has 96 valence electrons. The van der Waals surface area contributed by atoms with Gasteiger partial charge < -0.3 is 9.67 Å². The number of aliphatic hydroxyl groups is 1. The van der Waals surface area contributed by atoms with Gasteiger partial charge in [0.2, 0.25) is 0 Å². The normalized spacial score (nSPS) is 13.9. The molecule has 0 atom stereocenters. The molecule has 4 nitrogen and oxygen atoms in total. The summed E-state index contributed by atoms with van der Waals surface area (Å²) in [5.74, 6) is 0. The Morgan fingerprint density at radius 1 is 1.32 bits per heavy atom. The summed E-state index contributed by atoms with van der Waals surface area (Å²) in [6.45, 7) is -0.0446. The summed E-state index contributed by atoms with van der Waals surface area (Å²) in [4.78, 5) is 4.46. The maximum Gasteiger partial charge on any atom is 0.101 e. The molecular formula is C15H15N3O. The van der Waals surface area contributed by atoms with E-state index in [0.717, 1.165) is 29.8 Å². The monoisotopic (exact) mass is 253 g/mol. The first-order chi connectivity index (χ1) is 9.33. The van der Waals surface area contributed by atoms with Crippen molar-refractivity contribution in [3.8, 4) is 11.8 Å². The van der Waals surface area contributed by atoms with Gasteiger partial charge in [-0.05, 0) is 43.4 Å². The third-order valence-corrected chi connectivity index (χ3v) is 3.65. The molecule has 0 saturated carbocycles. The van der Waals surface area contributed by atoms with Gasteiger partial charge in [0.15, 0.2) is 0 Å². The van der Waals surface area contributed by atoms with Crippen LogP contribution in [0.1, 0.15) is 35.4 Å². The van der Waals surface area contributed by atoms with Crippen LogP contribution in [0.5, 0.6) is 0 Å². The quantitative estimate of drug-likeness (QED) is 0.891. The molecule has 0 radical (unpaired) electrons. The largest absolute Gasteiger partial charge is 0.392 e. The summed E-state index contributed by atoms with van der Waals surface area (Å²) in [5.41, 5.74) is 4.57. The molecule has 4 heteroatoms. The van der Waals surface area contributed by atoms with Crippen LogP contribution in [0.2, 0.25) is 0 Å². The number of aryl methyl sites for hydroxylation is 1. The van der Waals surface area contributed by atoms with Gasteiger partial charge in [-0.15, -0.1) is 0 Å². The van der Waals surface area contributed by atoms with Crippen molar-refractivity contribution < 1.29 is 5.11 Å². The van der Waals surface area contributed by atoms with Gasteiger partial charge in [-0.3, -0.25) is 0 Å². The van der Waals surface area contributed by atoms with Crippen LogP contribution >= 0.6 is 0 Å². The van der Waals surface area contributed by atoms with Crippen LogP contribution in [0, 0.1) is 11.3 Å². The fraction of sp³-hybridized carbons (Fsp3) is 0.333. The lowest BCUT2D eigenvalue weighted by atomic mass is 10.0. The molecule has 1 heterocycles.